The summed E-state index contributed by atoms with van der Waals surface area (Å²) in [6, 6.07) is 8.60. The molecule has 1 unspecified atom stereocenters. The normalized spacial score (nSPS) is 16.4. The van der Waals surface area contributed by atoms with Crippen LogP contribution in [0.1, 0.15) is 24.8 Å². The summed E-state index contributed by atoms with van der Waals surface area (Å²) in [7, 11) is 3.50. The number of aromatic nitrogens is 5. The van der Waals surface area contributed by atoms with Gasteiger partial charge in [0, 0.05) is 31.8 Å². The van der Waals surface area contributed by atoms with E-state index >= 15 is 0 Å². The van der Waals surface area contributed by atoms with Crippen LogP contribution in [0.3, 0.4) is 0 Å². The Morgan fingerprint density at radius 2 is 2.00 bits per heavy atom. The Balaban J connectivity index is 1.69. The van der Waals surface area contributed by atoms with E-state index in [1.807, 2.05) is 31.5 Å². The van der Waals surface area contributed by atoms with Gasteiger partial charge in [-0.2, -0.15) is 14.9 Å². The molecule has 176 valence electrons. The van der Waals surface area contributed by atoms with Crippen LogP contribution in [0.4, 0.5) is 8.78 Å². The number of pyridine rings is 1. The van der Waals surface area contributed by atoms with Crippen molar-refractivity contribution in [2.24, 2.45) is 7.05 Å². The molecule has 1 aliphatic rings. The largest absolute Gasteiger partial charge is 0.472 e. The third-order valence-corrected chi connectivity index (χ3v) is 5.92. The molecule has 3 heterocycles. The second-order valence-electron chi connectivity index (χ2n) is 8.22. The van der Waals surface area contributed by atoms with Crippen molar-refractivity contribution in [2.75, 3.05) is 13.7 Å². The van der Waals surface area contributed by atoms with Crippen LogP contribution in [0.15, 0.2) is 47.4 Å². The lowest BCUT2D eigenvalue weighted by Gasteiger charge is -2.21. The fraction of sp³-hybridized carbons (Fsp3) is 0.333. The molecule has 8 nitrogen and oxygen atoms in total. The van der Waals surface area contributed by atoms with Crippen molar-refractivity contribution in [2.45, 2.75) is 31.8 Å². The number of rotatable bonds is 6. The number of nitrogens with zero attached hydrogens (tertiary/aromatic N) is 5. The number of fused-ring (bicyclic) bond motifs is 2. The molecule has 10 heteroatoms. The quantitative estimate of drug-likeness (QED) is 0.428. The van der Waals surface area contributed by atoms with Gasteiger partial charge in [-0.05, 0) is 49.1 Å². The third-order valence-electron chi connectivity index (χ3n) is 5.92. The summed E-state index contributed by atoms with van der Waals surface area (Å²) < 4.78 is 38.9. The number of benzene rings is 1. The summed E-state index contributed by atoms with van der Waals surface area (Å²) in [6.45, 7) is -0.776. The molecule has 0 saturated heterocycles. The van der Waals surface area contributed by atoms with E-state index in [1.165, 1.54) is 10.7 Å². The van der Waals surface area contributed by atoms with Crippen molar-refractivity contribution in [3.05, 3.63) is 58.5 Å². The van der Waals surface area contributed by atoms with Gasteiger partial charge in [0.15, 0.2) is 6.61 Å². The summed E-state index contributed by atoms with van der Waals surface area (Å²) in [5.41, 5.74) is 3.09. The first-order valence-electron chi connectivity index (χ1n) is 10.9. The van der Waals surface area contributed by atoms with E-state index in [4.69, 9.17) is 9.47 Å². The van der Waals surface area contributed by atoms with E-state index < -0.39 is 13.0 Å². The van der Waals surface area contributed by atoms with E-state index in [0.29, 0.717) is 35.1 Å². The smallest absolute Gasteiger partial charge is 0.281 e. The van der Waals surface area contributed by atoms with Crippen LogP contribution in [0, 0.1) is 0 Å². The Morgan fingerprint density at radius 1 is 1.18 bits per heavy atom. The van der Waals surface area contributed by atoms with E-state index in [0.717, 1.165) is 22.9 Å². The zero-order valence-corrected chi connectivity index (χ0v) is 18.7. The highest BCUT2D eigenvalue weighted by molar-refractivity contribution is 5.89. The third kappa shape index (κ3) is 4.16. The van der Waals surface area contributed by atoms with Gasteiger partial charge in [-0.3, -0.25) is 9.48 Å². The minimum Gasteiger partial charge on any atom is -0.472 e. The Kier molecular flexibility index (Phi) is 5.82. The minimum atomic E-state index is -2.63. The monoisotopic (exact) mass is 467 g/mol. The van der Waals surface area contributed by atoms with Crippen LogP contribution in [-0.2, 0) is 11.8 Å². The molecular formula is C24H23F2N5O3. The first kappa shape index (κ1) is 22.1. The number of ether oxygens (including phenoxy) is 2. The number of aryl methyl sites for hydroxylation is 1. The molecule has 3 aromatic heterocycles. The topological polar surface area (TPSA) is 84.1 Å². The van der Waals surface area contributed by atoms with Gasteiger partial charge in [0.25, 0.3) is 12.0 Å². The summed E-state index contributed by atoms with van der Waals surface area (Å²) in [5, 5.41) is 9.80. The molecule has 0 N–H and O–H groups in total. The van der Waals surface area contributed by atoms with Crippen LogP contribution in [-0.4, -0.2) is 50.8 Å². The van der Waals surface area contributed by atoms with Gasteiger partial charge in [-0.25, -0.2) is 13.8 Å². The fourth-order valence-electron chi connectivity index (χ4n) is 4.27. The maximum Gasteiger partial charge on any atom is 0.281 e. The van der Waals surface area contributed by atoms with Gasteiger partial charge >= 0.3 is 0 Å². The van der Waals surface area contributed by atoms with Crippen molar-refractivity contribution in [1.82, 2.24) is 24.5 Å². The predicted molar refractivity (Wildman–Crippen MR) is 124 cm³/mol. The van der Waals surface area contributed by atoms with E-state index in [1.54, 1.807) is 23.9 Å². The summed E-state index contributed by atoms with van der Waals surface area (Å²) in [6.07, 6.45) is 3.36. The minimum absolute atomic E-state index is 0.0240. The van der Waals surface area contributed by atoms with Crippen molar-refractivity contribution in [3.8, 4) is 11.6 Å². The summed E-state index contributed by atoms with van der Waals surface area (Å²) in [4.78, 5) is 18.2. The van der Waals surface area contributed by atoms with Crippen molar-refractivity contribution < 1.29 is 18.3 Å². The van der Waals surface area contributed by atoms with Gasteiger partial charge in [0.2, 0.25) is 5.88 Å². The first-order valence-corrected chi connectivity index (χ1v) is 10.9. The molecule has 5 rings (SSSR count). The number of alkyl halides is 2. The fourth-order valence-corrected chi connectivity index (χ4v) is 4.27. The molecule has 0 fully saturated rings. The number of halogens is 2. The lowest BCUT2D eigenvalue weighted by atomic mass is 9.92. The Labute approximate surface area is 193 Å². The summed E-state index contributed by atoms with van der Waals surface area (Å²) in [5.74, 6) is 0.0240. The molecule has 0 radical (unpaired) electrons. The highest BCUT2D eigenvalue weighted by atomic mass is 19.3. The second kappa shape index (κ2) is 8.94. The summed E-state index contributed by atoms with van der Waals surface area (Å²) >= 11 is 0. The standard InChI is InChI=1S/C24H23F2N5O3/c1-30-12-15-11-16(5-8-18(15)28-30)31-24(32)22(14-3-6-17(33-2)7-4-14)23-19(29-31)9-10-21(27-23)34-13-20(25)26/h3,5,8-12,17,20H,4,6-7,13H2,1-2H3. The van der Waals surface area contributed by atoms with Gasteiger partial charge in [-0.1, -0.05) is 6.08 Å². The highest BCUT2D eigenvalue weighted by Crippen LogP contribution is 2.31. The molecule has 1 aromatic carbocycles. The molecule has 4 aromatic rings. The molecule has 1 atom stereocenters. The maximum absolute atomic E-state index is 13.8. The van der Waals surface area contributed by atoms with Gasteiger partial charge in [-0.15, -0.1) is 0 Å². The zero-order valence-electron chi connectivity index (χ0n) is 18.7. The average molecular weight is 467 g/mol. The van der Waals surface area contributed by atoms with Gasteiger partial charge in [0.05, 0.1) is 22.9 Å². The SMILES string of the molecule is COC1CC=C(c2c(=O)n(-c3ccc4nn(C)cc4c3)nc3ccc(OCC(F)F)nc23)CC1. The molecule has 1 aliphatic carbocycles. The molecule has 0 aliphatic heterocycles. The number of methoxy groups -OCH3 is 1. The van der Waals surface area contributed by atoms with Crippen LogP contribution >= 0.6 is 0 Å². The number of hydrogen-bond donors (Lipinski definition) is 0. The highest BCUT2D eigenvalue weighted by Gasteiger charge is 2.23. The number of allylic oxidation sites excluding steroid dienone is 1. The van der Waals surface area contributed by atoms with Crippen LogP contribution in [0.25, 0.3) is 33.2 Å². The predicted octanol–water partition coefficient (Wildman–Crippen LogP) is 3.89. The lowest BCUT2D eigenvalue weighted by molar-refractivity contribution is 0.0797. The molecule has 0 amide bonds. The zero-order chi connectivity index (χ0) is 23.8. The van der Waals surface area contributed by atoms with Crippen molar-refractivity contribution in [1.29, 1.82) is 0 Å². The average Bonchev–Trinajstić information content (AvgIpc) is 3.21. The Hall–Kier alpha value is -3.66. The van der Waals surface area contributed by atoms with E-state index in [9.17, 15) is 13.6 Å². The molecule has 0 bridgehead atoms. The Bertz CT molecular complexity index is 1460. The number of hydrogen-bond acceptors (Lipinski definition) is 6. The molecule has 0 saturated carbocycles. The van der Waals surface area contributed by atoms with E-state index in [2.05, 4.69) is 15.2 Å². The van der Waals surface area contributed by atoms with E-state index in [-0.39, 0.29) is 17.5 Å². The molecular weight excluding hydrogens is 444 g/mol. The van der Waals surface area contributed by atoms with Crippen LogP contribution < -0.4 is 10.3 Å². The van der Waals surface area contributed by atoms with Gasteiger partial charge in [0.1, 0.15) is 11.0 Å². The second-order valence-corrected chi connectivity index (χ2v) is 8.22. The lowest BCUT2D eigenvalue weighted by Crippen LogP contribution is -2.26. The van der Waals surface area contributed by atoms with Crippen molar-refractivity contribution >= 4 is 27.5 Å². The van der Waals surface area contributed by atoms with Crippen molar-refractivity contribution in [3.63, 3.8) is 0 Å². The van der Waals surface area contributed by atoms with Crippen LogP contribution in [0.5, 0.6) is 5.88 Å². The van der Waals surface area contributed by atoms with Crippen LogP contribution in [0.2, 0.25) is 0 Å². The first-order chi connectivity index (χ1) is 16.4. The maximum atomic E-state index is 13.8. The Morgan fingerprint density at radius 3 is 2.74 bits per heavy atom. The molecule has 0 spiro atoms. The van der Waals surface area contributed by atoms with Gasteiger partial charge < -0.3 is 9.47 Å². The molecule has 34 heavy (non-hydrogen) atoms.